The highest BCUT2D eigenvalue weighted by molar-refractivity contribution is 6.32. The minimum Gasteiger partial charge on any atom is -0.496 e. The molecule has 2 rings (SSSR count). The van der Waals surface area contributed by atoms with Crippen LogP contribution < -0.4 is 19.5 Å². The first kappa shape index (κ1) is 17.9. The van der Waals surface area contributed by atoms with E-state index in [0.29, 0.717) is 22.2 Å². The van der Waals surface area contributed by atoms with Gasteiger partial charge in [0.15, 0.2) is 0 Å². The first-order valence-corrected chi connectivity index (χ1v) is 7.71. The molecule has 1 N–H and O–H groups in total. The molecule has 0 atom stereocenters. The van der Waals surface area contributed by atoms with E-state index in [0.717, 1.165) is 16.9 Å². The van der Waals surface area contributed by atoms with Crippen molar-refractivity contribution in [3.05, 3.63) is 46.5 Å². The van der Waals surface area contributed by atoms with Crippen LogP contribution in [-0.4, -0.2) is 27.2 Å². The van der Waals surface area contributed by atoms with E-state index in [1.807, 2.05) is 25.1 Å². The molecular formula is C18H20ClNO4. The Morgan fingerprint density at radius 1 is 1.00 bits per heavy atom. The van der Waals surface area contributed by atoms with Gasteiger partial charge in [0, 0.05) is 12.1 Å². The lowest BCUT2D eigenvalue weighted by atomic mass is 10.1. The van der Waals surface area contributed by atoms with Crippen molar-refractivity contribution in [3.63, 3.8) is 0 Å². The molecule has 128 valence electrons. The molecule has 0 aliphatic heterocycles. The number of benzene rings is 2. The van der Waals surface area contributed by atoms with Gasteiger partial charge in [0.2, 0.25) is 5.91 Å². The van der Waals surface area contributed by atoms with Crippen molar-refractivity contribution in [2.24, 2.45) is 0 Å². The molecule has 0 fully saturated rings. The third-order valence-corrected chi connectivity index (χ3v) is 3.87. The molecular weight excluding hydrogens is 330 g/mol. The fourth-order valence-electron chi connectivity index (χ4n) is 2.39. The molecule has 2 aromatic rings. The zero-order valence-corrected chi connectivity index (χ0v) is 14.9. The van der Waals surface area contributed by atoms with Crippen LogP contribution in [0.5, 0.6) is 17.2 Å². The smallest absolute Gasteiger partial charge is 0.228 e. The molecule has 0 saturated heterocycles. The maximum atomic E-state index is 12.3. The predicted molar refractivity (Wildman–Crippen MR) is 94.6 cm³/mol. The van der Waals surface area contributed by atoms with E-state index in [2.05, 4.69) is 5.32 Å². The lowest BCUT2D eigenvalue weighted by Crippen LogP contribution is -2.15. The Labute approximate surface area is 146 Å². The molecule has 0 spiro atoms. The first-order chi connectivity index (χ1) is 11.5. The zero-order valence-electron chi connectivity index (χ0n) is 14.1. The van der Waals surface area contributed by atoms with Crippen molar-refractivity contribution in [3.8, 4) is 17.2 Å². The fourth-order valence-corrected chi connectivity index (χ4v) is 2.62. The lowest BCUT2D eigenvalue weighted by Gasteiger charge is -2.13. The van der Waals surface area contributed by atoms with E-state index in [9.17, 15) is 4.79 Å². The van der Waals surface area contributed by atoms with Crippen LogP contribution in [0.3, 0.4) is 0 Å². The molecule has 0 aliphatic carbocycles. The third kappa shape index (κ3) is 4.11. The molecule has 0 saturated carbocycles. The highest BCUT2D eigenvalue weighted by Gasteiger charge is 2.13. The monoisotopic (exact) mass is 349 g/mol. The number of carbonyl (C=O) groups is 1. The van der Waals surface area contributed by atoms with Crippen LogP contribution in [-0.2, 0) is 11.2 Å². The molecule has 0 aliphatic rings. The zero-order chi connectivity index (χ0) is 17.7. The van der Waals surface area contributed by atoms with Crippen LogP contribution in [0.25, 0.3) is 0 Å². The van der Waals surface area contributed by atoms with Gasteiger partial charge < -0.3 is 19.5 Å². The quantitative estimate of drug-likeness (QED) is 0.860. The van der Waals surface area contributed by atoms with Gasteiger partial charge in [-0.2, -0.15) is 0 Å². The molecule has 2 aromatic carbocycles. The average Bonchev–Trinajstić information content (AvgIpc) is 2.56. The maximum Gasteiger partial charge on any atom is 0.228 e. The number of carbonyl (C=O) groups excluding carboxylic acids is 1. The van der Waals surface area contributed by atoms with Crippen LogP contribution >= 0.6 is 11.6 Å². The van der Waals surface area contributed by atoms with Gasteiger partial charge in [-0.1, -0.05) is 23.7 Å². The third-order valence-electron chi connectivity index (χ3n) is 3.57. The summed E-state index contributed by atoms with van der Waals surface area (Å²) in [4.78, 5) is 12.3. The van der Waals surface area contributed by atoms with Crippen molar-refractivity contribution >= 4 is 23.2 Å². The highest BCUT2D eigenvalue weighted by atomic mass is 35.5. The molecule has 5 nitrogen and oxygen atoms in total. The molecule has 6 heteroatoms. The Bertz CT molecular complexity index is 746. The summed E-state index contributed by atoms with van der Waals surface area (Å²) in [7, 11) is 4.65. The minimum absolute atomic E-state index is 0.165. The summed E-state index contributed by atoms with van der Waals surface area (Å²) in [5.74, 6) is 1.57. The number of methoxy groups -OCH3 is 3. The second-order valence-corrected chi connectivity index (χ2v) is 5.62. The number of ether oxygens (including phenoxy) is 3. The number of anilines is 1. The van der Waals surface area contributed by atoms with Crippen LogP contribution in [0, 0.1) is 6.92 Å². The Hall–Kier alpha value is -2.40. The first-order valence-electron chi connectivity index (χ1n) is 7.33. The van der Waals surface area contributed by atoms with Crippen molar-refractivity contribution in [2.45, 2.75) is 13.3 Å². The lowest BCUT2D eigenvalue weighted by molar-refractivity contribution is -0.115. The van der Waals surface area contributed by atoms with Crippen LogP contribution in [0.15, 0.2) is 30.3 Å². The Kier molecular flexibility index (Phi) is 5.93. The Balaban J connectivity index is 2.16. The molecule has 0 heterocycles. The molecule has 0 aromatic heterocycles. The van der Waals surface area contributed by atoms with Gasteiger partial charge in [-0.05, 0) is 24.1 Å². The van der Waals surface area contributed by atoms with Crippen LogP contribution in [0.4, 0.5) is 5.69 Å². The summed E-state index contributed by atoms with van der Waals surface area (Å²) in [6.45, 7) is 1.94. The summed E-state index contributed by atoms with van der Waals surface area (Å²) in [5.41, 5.74) is 2.38. The van der Waals surface area contributed by atoms with Gasteiger partial charge in [-0.25, -0.2) is 0 Å². The summed E-state index contributed by atoms with van der Waals surface area (Å²) in [5, 5.41) is 3.24. The van der Waals surface area contributed by atoms with E-state index in [-0.39, 0.29) is 12.3 Å². The molecule has 0 radical (unpaired) electrons. The van der Waals surface area contributed by atoms with Gasteiger partial charge >= 0.3 is 0 Å². The van der Waals surface area contributed by atoms with Gasteiger partial charge in [0.05, 0.1) is 38.5 Å². The van der Waals surface area contributed by atoms with Crippen LogP contribution in [0.1, 0.15) is 11.1 Å². The summed E-state index contributed by atoms with van der Waals surface area (Å²) >= 11 is 6.06. The number of aryl methyl sites for hydroxylation is 1. The van der Waals surface area contributed by atoms with E-state index < -0.39 is 0 Å². The van der Waals surface area contributed by atoms with Gasteiger partial charge in [-0.3, -0.25) is 4.79 Å². The summed E-state index contributed by atoms with van der Waals surface area (Å²) < 4.78 is 15.7. The van der Waals surface area contributed by atoms with E-state index in [1.54, 1.807) is 19.2 Å². The van der Waals surface area contributed by atoms with Crippen molar-refractivity contribution in [1.82, 2.24) is 0 Å². The fraction of sp³-hybridized carbons (Fsp3) is 0.278. The second-order valence-electron chi connectivity index (χ2n) is 5.22. The number of nitrogens with one attached hydrogen (secondary N) is 1. The van der Waals surface area contributed by atoms with Gasteiger partial charge in [0.1, 0.15) is 17.2 Å². The van der Waals surface area contributed by atoms with E-state index >= 15 is 0 Å². The number of amides is 1. The van der Waals surface area contributed by atoms with Crippen molar-refractivity contribution in [2.75, 3.05) is 26.6 Å². The van der Waals surface area contributed by atoms with Gasteiger partial charge in [0.25, 0.3) is 0 Å². The second kappa shape index (κ2) is 7.93. The summed E-state index contributed by atoms with van der Waals surface area (Å²) in [6, 6.07) is 8.89. The summed E-state index contributed by atoms with van der Waals surface area (Å²) in [6.07, 6.45) is 0.235. The number of rotatable bonds is 6. The average molecular weight is 350 g/mol. The largest absolute Gasteiger partial charge is 0.496 e. The van der Waals surface area contributed by atoms with Gasteiger partial charge in [-0.15, -0.1) is 0 Å². The van der Waals surface area contributed by atoms with E-state index in [4.69, 9.17) is 25.8 Å². The molecule has 0 unspecified atom stereocenters. The molecule has 24 heavy (non-hydrogen) atoms. The standard InChI is InChI=1S/C18H20ClNO4/c1-11-7-12(5-6-15(11)22-2)8-18(21)20-14-10-16(23-3)13(19)9-17(14)24-4/h5-7,9-10H,8H2,1-4H3,(H,20,21). The Morgan fingerprint density at radius 2 is 1.67 bits per heavy atom. The van der Waals surface area contributed by atoms with Crippen molar-refractivity contribution in [1.29, 1.82) is 0 Å². The van der Waals surface area contributed by atoms with Crippen molar-refractivity contribution < 1.29 is 19.0 Å². The minimum atomic E-state index is -0.165. The Morgan fingerprint density at radius 3 is 2.25 bits per heavy atom. The topological polar surface area (TPSA) is 56.8 Å². The predicted octanol–water partition coefficient (Wildman–Crippen LogP) is 3.86. The number of hydrogen-bond donors (Lipinski definition) is 1. The number of halogens is 1. The normalized spacial score (nSPS) is 10.2. The number of hydrogen-bond acceptors (Lipinski definition) is 4. The molecule has 0 bridgehead atoms. The highest BCUT2D eigenvalue weighted by Crippen LogP contribution is 2.35. The van der Waals surface area contributed by atoms with E-state index in [1.165, 1.54) is 14.2 Å². The van der Waals surface area contributed by atoms with Crippen LogP contribution in [0.2, 0.25) is 5.02 Å². The molecule has 1 amide bonds. The maximum absolute atomic E-state index is 12.3. The SMILES string of the molecule is COc1ccc(CC(=O)Nc2cc(OC)c(Cl)cc2OC)cc1C.